The number of hydrogen-bond acceptors (Lipinski definition) is 3. The molecule has 0 saturated carbocycles. The lowest BCUT2D eigenvalue weighted by molar-refractivity contribution is 0.628. The third kappa shape index (κ3) is 1.76. The van der Waals surface area contributed by atoms with Crippen LogP contribution in [0.2, 0.25) is 0 Å². The molecule has 0 spiro atoms. The topological polar surface area (TPSA) is 29.3 Å². The standard InChI is InChI=1S/C12H13FN2S/c1-8-6-7-16-12(8)15(2)11-9(13)4-3-5-10(11)14/h3-7H,14H2,1-2H3. The van der Waals surface area contributed by atoms with Gasteiger partial charge >= 0.3 is 0 Å². The van der Waals surface area contributed by atoms with Gasteiger partial charge in [0.15, 0.2) is 0 Å². The van der Waals surface area contributed by atoms with Crippen molar-refractivity contribution >= 4 is 27.7 Å². The van der Waals surface area contributed by atoms with Gasteiger partial charge in [-0.15, -0.1) is 11.3 Å². The molecular formula is C12H13FN2S. The molecule has 0 aliphatic carbocycles. The van der Waals surface area contributed by atoms with Crippen molar-refractivity contribution < 1.29 is 4.39 Å². The highest BCUT2D eigenvalue weighted by Crippen LogP contribution is 2.36. The van der Waals surface area contributed by atoms with E-state index in [-0.39, 0.29) is 5.82 Å². The maximum absolute atomic E-state index is 13.7. The van der Waals surface area contributed by atoms with E-state index in [4.69, 9.17) is 5.73 Å². The molecule has 0 amide bonds. The quantitative estimate of drug-likeness (QED) is 0.808. The fourth-order valence-corrected chi connectivity index (χ4v) is 2.60. The summed E-state index contributed by atoms with van der Waals surface area (Å²) in [4.78, 5) is 1.80. The number of nitrogens with zero attached hydrogens (tertiary/aromatic N) is 1. The van der Waals surface area contributed by atoms with E-state index in [1.54, 1.807) is 28.4 Å². The van der Waals surface area contributed by atoms with Crippen LogP contribution >= 0.6 is 11.3 Å². The maximum atomic E-state index is 13.7. The molecule has 0 aliphatic rings. The van der Waals surface area contributed by atoms with Crippen LogP contribution in [0.15, 0.2) is 29.6 Å². The first-order valence-corrected chi connectivity index (χ1v) is 5.81. The molecule has 1 aromatic carbocycles. The van der Waals surface area contributed by atoms with Crippen LogP contribution in [-0.4, -0.2) is 7.05 Å². The Morgan fingerprint density at radius 1 is 1.31 bits per heavy atom. The highest BCUT2D eigenvalue weighted by Gasteiger charge is 2.14. The van der Waals surface area contributed by atoms with Gasteiger partial charge in [-0.3, -0.25) is 0 Å². The van der Waals surface area contributed by atoms with Gasteiger partial charge in [-0.2, -0.15) is 0 Å². The highest BCUT2D eigenvalue weighted by atomic mass is 32.1. The van der Waals surface area contributed by atoms with Gasteiger partial charge in [-0.25, -0.2) is 4.39 Å². The predicted octanol–water partition coefficient (Wildman–Crippen LogP) is 3.55. The van der Waals surface area contributed by atoms with Crippen LogP contribution in [0.4, 0.5) is 20.8 Å². The Morgan fingerprint density at radius 2 is 2.06 bits per heavy atom. The minimum atomic E-state index is -0.296. The van der Waals surface area contributed by atoms with E-state index in [1.807, 2.05) is 25.4 Å². The molecule has 84 valence electrons. The fourth-order valence-electron chi connectivity index (χ4n) is 1.70. The van der Waals surface area contributed by atoms with Gasteiger partial charge in [0.1, 0.15) is 11.5 Å². The number of anilines is 3. The number of halogens is 1. The molecule has 2 N–H and O–H groups in total. The average molecular weight is 236 g/mol. The number of thiophene rings is 1. The summed E-state index contributed by atoms with van der Waals surface area (Å²) in [7, 11) is 1.83. The Labute approximate surface area is 98.1 Å². The summed E-state index contributed by atoms with van der Waals surface area (Å²) in [5.41, 5.74) is 7.81. The molecule has 4 heteroatoms. The molecule has 2 aromatic rings. The van der Waals surface area contributed by atoms with Crippen molar-refractivity contribution in [2.24, 2.45) is 0 Å². The zero-order valence-corrected chi connectivity index (χ0v) is 10.0. The molecule has 0 radical (unpaired) electrons. The minimum absolute atomic E-state index is 0.296. The van der Waals surface area contributed by atoms with E-state index in [2.05, 4.69) is 0 Å². The fraction of sp³-hybridized carbons (Fsp3) is 0.167. The molecule has 0 fully saturated rings. The summed E-state index contributed by atoms with van der Waals surface area (Å²) < 4.78 is 13.7. The summed E-state index contributed by atoms with van der Waals surface area (Å²) in [5, 5.41) is 3.00. The molecule has 0 bridgehead atoms. The van der Waals surface area contributed by atoms with Gasteiger partial charge in [-0.1, -0.05) is 6.07 Å². The minimum Gasteiger partial charge on any atom is -0.397 e. The first-order valence-electron chi connectivity index (χ1n) is 4.93. The summed E-state index contributed by atoms with van der Waals surface area (Å²) in [6, 6.07) is 6.75. The van der Waals surface area contributed by atoms with Gasteiger partial charge in [0.05, 0.1) is 10.7 Å². The van der Waals surface area contributed by atoms with Crippen LogP contribution < -0.4 is 10.6 Å². The largest absolute Gasteiger partial charge is 0.397 e. The number of hydrogen-bond donors (Lipinski definition) is 1. The van der Waals surface area contributed by atoms with Crippen molar-refractivity contribution in [3.05, 3.63) is 41.0 Å². The zero-order valence-electron chi connectivity index (χ0n) is 9.20. The van der Waals surface area contributed by atoms with E-state index in [0.717, 1.165) is 10.6 Å². The number of aryl methyl sites for hydroxylation is 1. The van der Waals surface area contributed by atoms with E-state index in [0.29, 0.717) is 11.4 Å². The molecular weight excluding hydrogens is 223 g/mol. The molecule has 0 unspecified atom stereocenters. The van der Waals surface area contributed by atoms with Crippen LogP contribution in [0.5, 0.6) is 0 Å². The van der Waals surface area contributed by atoms with Crippen molar-refractivity contribution in [1.29, 1.82) is 0 Å². The average Bonchev–Trinajstić information content (AvgIpc) is 2.64. The molecule has 1 heterocycles. The maximum Gasteiger partial charge on any atom is 0.148 e. The molecule has 0 aliphatic heterocycles. The number of nitrogens with two attached hydrogens (primary N) is 1. The van der Waals surface area contributed by atoms with Crippen molar-refractivity contribution in [3.8, 4) is 0 Å². The highest BCUT2D eigenvalue weighted by molar-refractivity contribution is 7.14. The van der Waals surface area contributed by atoms with Gasteiger partial charge in [0.2, 0.25) is 0 Å². The van der Waals surface area contributed by atoms with E-state index >= 15 is 0 Å². The SMILES string of the molecule is Cc1ccsc1N(C)c1c(N)cccc1F. The second-order valence-electron chi connectivity index (χ2n) is 3.65. The lowest BCUT2D eigenvalue weighted by Crippen LogP contribution is -2.13. The van der Waals surface area contributed by atoms with Gasteiger partial charge in [-0.05, 0) is 36.1 Å². The summed E-state index contributed by atoms with van der Waals surface area (Å²) in [5.74, 6) is -0.296. The third-order valence-electron chi connectivity index (χ3n) is 2.49. The lowest BCUT2D eigenvalue weighted by atomic mass is 10.2. The van der Waals surface area contributed by atoms with Crippen LogP contribution in [-0.2, 0) is 0 Å². The number of benzene rings is 1. The Morgan fingerprint density at radius 3 is 2.62 bits per heavy atom. The van der Waals surface area contributed by atoms with Crippen LogP contribution in [0.1, 0.15) is 5.56 Å². The van der Waals surface area contributed by atoms with Crippen molar-refractivity contribution in [3.63, 3.8) is 0 Å². The van der Waals surface area contributed by atoms with E-state index in [9.17, 15) is 4.39 Å². The number of para-hydroxylation sites is 1. The second-order valence-corrected chi connectivity index (χ2v) is 4.54. The van der Waals surface area contributed by atoms with Crippen molar-refractivity contribution in [2.75, 3.05) is 17.7 Å². The zero-order chi connectivity index (χ0) is 11.7. The second kappa shape index (κ2) is 4.14. The number of rotatable bonds is 2. The first-order chi connectivity index (χ1) is 7.61. The molecule has 2 nitrogen and oxygen atoms in total. The first kappa shape index (κ1) is 11.0. The van der Waals surface area contributed by atoms with Crippen LogP contribution in [0.3, 0.4) is 0 Å². The lowest BCUT2D eigenvalue weighted by Gasteiger charge is -2.20. The molecule has 1 aromatic heterocycles. The smallest absolute Gasteiger partial charge is 0.148 e. The van der Waals surface area contributed by atoms with Gasteiger partial charge in [0, 0.05) is 7.05 Å². The Balaban J connectivity index is 2.49. The molecule has 16 heavy (non-hydrogen) atoms. The van der Waals surface area contributed by atoms with Gasteiger partial charge < -0.3 is 10.6 Å². The molecule has 0 saturated heterocycles. The third-order valence-corrected chi connectivity index (χ3v) is 3.58. The van der Waals surface area contributed by atoms with Crippen LogP contribution in [0, 0.1) is 12.7 Å². The Hall–Kier alpha value is -1.55. The molecule has 0 atom stereocenters. The van der Waals surface area contributed by atoms with Crippen molar-refractivity contribution in [2.45, 2.75) is 6.92 Å². The Bertz CT molecular complexity index is 487. The van der Waals surface area contributed by atoms with Crippen LogP contribution in [0.25, 0.3) is 0 Å². The van der Waals surface area contributed by atoms with E-state index < -0.39 is 0 Å². The number of nitrogen functional groups attached to an aromatic ring is 1. The predicted molar refractivity (Wildman–Crippen MR) is 67.9 cm³/mol. The monoisotopic (exact) mass is 236 g/mol. The summed E-state index contributed by atoms with van der Waals surface area (Å²) in [6.07, 6.45) is 0. The summed E-state index contributed by atoms with van der Waals surface area (Å²) >= 11 is 1.57. The van der Waals surface area contributed by atoms with E-state index in [1.165, 1.54) is 6.07 Å². The van der Waals surface area contributed by atoms with Crippen molar-refractivity contribution in [1.82, 2.24) is 0 Å². The summed E-state index contributed by atoms with van der Waals surface area (Å²) in [6.45, 7) is 2.00. The molecule has 2 rings (SSSR count). The Kier molecular flexibility index (Phi) is 2.83. The normalized spacial score (nSPS) is 10.4. The van der Waals surface area contributed by atoms with Gasteiger partial charge in [0.25, 0.3) is 0 Å².